The van der Waals surface area contributed by atoms with Gasteiger partial charge in [0.05, 0.1) is 37.7 Å². The van der Waals surface area contributed by atoms with Gasteiger partial charge in [-0.05, 0) is 74.9 Å². The molecule has 0 radical (unpaired) electrons. The molecular weight excluding hydrogens is 468 g/mol. The lowest BCUT2D eigenvalue weighted by Gasteiger charge is -2.47. The van der Waals surface area contributed by atoms with E-state index in [0.29, 0.717) is 12.4 Å². The van der Waals surface area contributed by atoms with Crippen molar-refractivity contribution >= 4 is 17.3 Å². The molecule has 8 nitrogen and oxygen atoms in total. The molecule has 0 N–H and O–H groups in total. The SMILES string of the molecule is COc1ccc(N2CC3(CCN(c4ccc(OCCCN5CCC[C@H](C)C5)cc4)CC3)OCC2=O)cn1. The Morgan fingerprint density at radius 3 is 2.57 bits per heavy atom. The first kappa shape index (κ1) is 25.8. The molecule has 0 saturated carbocycles. The van der Waals surface area contributed by atoms with E-state index in [1.165, 1.54) is 31.6 Å². The molecule has 8 heteroatoms. The number of aromatic nitrogens is 1. The summed E-state index contributed by atoms with van der Waals surface area (Å²) in [5, 5.41) is 0. The van der Waals surface area contributed by atoms with Crippen LogP contribution in [0.1, 0.15) is 39.0 Å². The first-order chi connectivity index (χ1) is 18.0. The summed E-state index contributed by atoms with van der Waals surface area (Å²) in [6.45, 7) is 9.12. The minimum atomic E-state index is -0.320. The summed E-state index contributed by atoms with van der Waals surface area (Å²) in [6.07, 6.45) is 7.19. The standard InChI is InChI=1S/C29H40N4O4/c1-23-5-3-14-31(20-23)15-4-18-36-26-9-6-24(7-10-26)32-16-12-29(13-17-32)22-33(28(34)21-37-29)25-8-11-27(35-2)30-19-25/h6-11,19,23H,3-5,12-18,20-22H2,1-2H3/t23-/m0/s1. The number of carbonyl (C=O) groups is 1. The third-order valence-corrected chi connectivity index (χ3v) is 8.00. The Morgan fingerprint density at radius 2 is 1.86 bits per heavy atom. The van der Waals surface area contributed by atoms with E-state index in [0.717, 1.165) is 62.9 Å². The third kappa shape index (κ3) is 6.36. The molecule has 1 aromatic carbocycles. The fraction of sp³-hybridized carbons (Fsp3) is 0.586. The van der Waals surface area contributed by atoms with E-state index in [2.05, 4.69) is 46.0 Å². The molecule has 3 aliphatic rings. The van der Waals surface area contributed by atoms with E-state index < -0.39 is 0 Å². The van der Waals surface area contributed by atoms with Crippen LogP contribution in [0.4, 0.5) is 11.4 Å². The monoisotopic (exact) mass is 508 g/mol. The largest absolute Gasteiger partial charge is 0.494 e. The van der Waals surface area contributed by atoms with Crippen molar-refractivity contribution in [3.8, 4) is 11.6 Å². The van der Waals surface area contributed by atoms with Gasteiger partial charge < -0.3 is 28.9 Å². The Balaban J connectivity index is 1.09. The Bertz CT molecular complexity index is 1020. The lowest BCUT2D eigenvalue weighted by Crippen LogP contribution is -2.59. The maximum absolute atomic E-state index is 12.6. The molecule has 0 aliphatic carbocycles. The zero-order chi connectivity index (χ0) is 25.7. The molecule has 200 valence electrons. The van der Waals surface area contributed by atoms with Crippen LogP contribution in [-0.2, 0) is 9.53 Å². The summed E-state index contributed by atoms with van der Waals surface area (Å²) in [5.74, 6) is 2.27. The van der Waals surface area contributed by atoms with Gasteiger partial charge in [0.2, 0.25) is 5.88 Å². The Morgan fingerprint density at radius 1 is 1.08 bits per heavy atom. The quantitative estimate of drug-likeness (QED) is 0.500. The van der Waals surface area contributed by atoms with Gasteiger partial charge in [0.25, 0.3) is 5.91 Å². The molecule has 1 aromatic heterocycles. The number of anilines is 2. The van der Waals surface area contributed by atoms with Crippen molar-refractivity contribution in [3.63, 3.8) is 0 Å². The van der Waals surface area contributed by atoms with Crippen LogP contribution in [0.25, 0.3) is 0 Å². The van der Waals surface area contributed by atoms with E-state index in [9.17, 15) is 4.79 Å². The minimum Gasteiger partial charge on any atom is -0.494 e. The van der Waals surface area contributed by atoms with Gasteiger partial charge in [-0.2, -0.15) is 0 Å². The van der Waals surface area contributed by atoms with Gasteiger partial charge in [-0.15, -0.1) is 0 Å². The lowest BCUT2D eigenvalue weighted by molar-refractivity contribution is -0.141. The van der Waals surface area contributed by atoms with E-state index >= 15 is 0 Å². The summed E-state index contributed by atoms with van der Waals surface area (Å²) in [4.78, 5) is 23.6. The Hall–Kier alpha value is -2.84. The van der Waals surface area contributed by atoms with Crippen molar-refractivity contribution in [1.29, 1.82) is 0 Å². The van der Waals surface area contributed by atoms with Crippen LogP contribution in [0.2, 0.25) is 0 Å². The van der Waals surface area contributed by atoms with Crippen LogP contribution >= 0.6 is 0 Å². The van der Waals surface area contributed by atoms with E-state index in [4.69, 9.17) is 14.2 Å². The van der Waals surface area contributed by atoms with Gasteiger partial charge >= 0.3 is 0 Å². The maximum atomic E-state index is 12.6. The summed E-state index contributed by atoms with van der Waals surface area (Å²) < 4.78 is 17.3. The number of rotatable bonds is 8. The summed E-state index contributed by atoms with van der Waals surface area (Å²) in [7, 11) is 1.59. The smallest absolute Gasteiger partial charge is 0.253 e. The number of carbonyl (C=O) groups excluding carboxylic acids is 1. The Kier molecular flexibility index (Phi) is 8.15. The fourth-order valence-corrected chi connectivity index (χ4v) is 5.80. The molecule has 1 spiro atoms. The number of morpholine rings is 1. The van der Waals surface area contributed by atoms with Crippen molar-refractivity contribution in [2.24, 2.45) is 5.92 Å². The van der Waals surface area contributed by atoms with Gasteiger partial charge in [0, 0.05) is 37.9 Å². The van der Waals surface area contributed by atoms with Gasteiger partial charge in [-0.25, -0.2) is 4.98 Å². The molecule has 37 heavy (non-hydrogen) atoms. The number of benzene rings is 1. The van der Waals surface area contributed by atoms with Crippen molar-refractivity contribution in [1.82, 2.24) is 9.88 Å². The number of nitrogens with zero attached hydrogens (tertiary/aromatic N) is 4. The van der Waals surface area contributed by atoms with Crippen LogP contribution < -0.4 is 19.3 Å². The minimum absolute atomic E-state index is 0.0268. The van der Waals surface area contributed by atoms with E-state index in [1.807, 2.05) is 11.0 Å². The fourth-order valence-electron chi connectivity index (χ4n) is 5.80. The molecular formula is C29H40N4O4. The zero-order valence-electron chi connectivity index (χ0n) is 22.2. The summed E-state index contributed by atoms with van der Waals surface area (Å²) in [5.41, 5.74) is 1.67. The van der Waals surface area contributed by atoms with Crippen molar-refractivity contribution in [3.05, 3.63) is 42.6 Å². The molecule has 5 rings (SSSR count). The topological polar surface area (TPSA) is 67.4 Å². The predicted molar refractivity (Wildman–Crippen MR) is 145 cm³/mol. The second-order valence-electron chi connectivity index (χ2n) is 10.7. The highest BCUT2D eigenvalue weighted by Crippen LogP contribution is 2.34. The van der Waals surface area contributed by atoms with Crippen molar-refractivity contribution < 1.29 is 19.0 Å². The molecule has 0 bridgehead atoms. The average molecular weight is 509 g/mol. The highest BCUT2D eigenvalue weighted by Gasteiger charge is 2.42. The molecule has 4 heterocycles. The number of piperidine rings is 2. The number of methoxy groups -OCH3 is 1. The number of ether oxygens (including phenoxy) is 3. The second kappa shape index (κ2) is 11.7. The van der Waals surface area contributed by atoms with Gasteiger partial charge in [-0.3, -0.25) is 4.79 Å². The third-order valence-electron chi connectivity index (χ3n) is 8.00. The zero-order valence-corrected chi connectivity index (χ0v) is 22.2. The highest BCUT2D eigenvalue weighted by molar-refractivity contribution is 5.95. The summed E-state index contributed by atoms with van der Waals surface area (Å²) in [6, 6.07) is 12.1. The average Bonchev–Trinajstić information content (AvgIpc) is 2.94. The first-order valence-corrected chi connectivity index (χ1v) is 13.7. The first-order valence-electron chi connectivity index (χ1n) is 13.7. The molecule has 3 fully saturated rings. The van der Waals surface area contributed by atoms with E-state index in [1.54, 1.807) is 19.4 Å². The number of amides is 1. The second-order valence-corrected chi connectivity index (χ2v) is 10.7. The number of likely N-dealkylation sites (tertiary alicyclic amines) is 1. The molecule has 1 amide bonds. The van der Waals surface area contributed by atoms with Crippen LogP contribution in [0, 0.1) is 5.92 Å². The van der Waals surface area contributed by atoms with Gasteiger partial charge in [-0.1, -0.05) is 6.92 Å². The number of hydrogen-bond acceptors (Lipinski definition) is 7. The molecule has 2 aromatic rings. The van der Waals surface area contributed by atoms with Crippen LogP contribution in [0.15, 0.2) is 42.6 Å². The summed E-state index contributed by atoms with van der Waals surface area (Å²) >= 11 is 0. The van der Waals surface area contributed by atoms with E-state index in [-0.39, 0.29) is 18.1 Å². The van der Waals surface area contributed by atoms with Gasteiger partial charge in [0.15, 0.2) is 0 Å². The van der Waals surface area contributed by atoms with Crippen LogP contribution in [-0.4, -0.2) is 81.0 Å². The molecule has 3 saturated heterocycles. The molecule has 1 atom stereocenters. The predicted octanol–water partition coefficient (Wildman–Crippen LogP) is 3.99. The highest BCUT2D eigenvalue weighted by atomic mass is 16.5. The van der Waals surface area contributed by atoms with Crippen molar-refractivity contribution in [2.45, 2.75) is 44.6 Å². The van der Waals surface area contributed by atoms with Crippen LogP contribution in [0.3, 0.4) is 0 Å². The normalized spacial score (nSPS) is 22.3. The Labute approximate surface area is 220 Å². The van der Waals surface area contributed by atoms with Gasteiger partial charge in [0.1, 0.15) is 12.4 Å². The number of hydrogen-bond donors (Lipinski definition) is 0. The molecule has 0 unspecified atom stereocenters. The van der Waals surface area contributed by atoms with Crippen molar-refractivity contribution in [2.75, 3.05) is 69.4 Å². The maximum Gasteiger partial charge on any atom is 0.253 e. The van der Waals surface area contributed by atoms with Crippen LogP contribution in [0.5, 0.6) is 11.6 Å². The number of pyridine rings is 1. The lowest BCUT2D eigenvalue weighted by atomic mass is 9.88. The molecule has 3 aliphatic heterocycles.